The van der Waals surface area contributed by atoms with Crippen LogP contribution in [0.4, 0.5) is 5.69 Å². The lowest BCUT2D eigenvalue weighted by Crippen LogP contribution is -2.40. The quantitative estimate of drug-likeness (QED) is 0.815. The minimum Gasteiger partial charge on any atom is -0.398 e. The first-order valence-corrected chi connectivity index (χ1v) is 7.19. The average Bonchev–Trinajstić information content (AvgIpc) is 2.31. The summed E-state index contributed by atoms with van der Waals surface area (Å²) in [5, 5.41) is 3.59. The Hall–Kier alpha value is -1.22. The summed E-state index contributed by atoms with van der Waals surface area (Å²) >= 11 is 5.86. The third-order valence-electron chi connectivity index (χ3n) is 3.77. The van der Waals surface area contributed by atoms with E-state index in [1.165, 1.54) is 6.42 Å². The van der Waals surface area contributed by atoms with E-state index in [0.29, 0.717) is 28.1 Å². The molecule has 3 nitrogen and oxygen atoms in total. The zero-order valence-electron chi connectivity index (χ0n) is 11.4. The molecule has 1 saturated carbocycles. The van der Waals surface area contributed by atoms with Gasteiger partial charge in [-0.15, -0.1) is 0 Å². The van der Waals surface area contributed by atoms with Crippen molar-refractivity contribution >= 4 is 23.2 Å². The van der Waals surface area contributed by atoms with E-state index in [1.807, 2.05) is 0 Å². The summed E-state index contributed by atoms with van der Waals surface area (Å²) < 4.78 is 0. The first kappa shape index (κ1) is 14.2. The number of nitrogen functional groups attached to an aromatic ring is 1. The molecule has 1 amide bonds. The highest BCUT2D eigenvalue weighted by atomic mass is 35.5. The molecule has 1 aliphatic carbocycles. The molecule has 2 unspecified atom stereocenters. The Balaban J connectivity index is 2.02. The van der Waals surface area contributed by atoms with Crippen molar-refractivity contribution < 1.29 is 4.79 Å². The van der Waals surface area contributed by atoms with Crippen LogP contribution in [0.15, 0.2) is 18.2 Å². The maximum atomic E-state index is 12.2. The number of halogens is 1. The van der Waals surface area contributed by atoms with Crippen molar-refractivity contribution in [3.63, 3.8) is 0 Å². The lowest BCUT2D eigenvalue weighted by Gasteiger charge is -2.32. The van der Waals surface area contributed by atoms with Crippen molar-refractivity contribution in [1.82, 2.24) is 5.32 Å². The van der Waals surface area contributed by atoms with Gasteiger partial charge in [-0.05, 0) is 49.3 Å². The Morgan fingerprint density at radius 1 is 1.26 bits per heavy atom. The summed E-state index contributed by atoms with van der Waals surface area (Å²) in [6.45, 7) is 4.49. The molecule has 4 heteroatoms. The van der Waals surface area contributed by atoms with E-state index in [0.717, 1.165) is 12.8 Å². The van der Waals surface area contributed by atoms with Crippen LogP contribution in [0, 0.1) is 11.8 Å². The average molecular weight is 281 g/mol. The molecule has 1 fully saturated rings. The molecular formula is C15H21ClN2O. The van der Waals surface area contributed by atoms with Crippen molar-refractivity contribution in [1.29, 1.82) is 0 Å². The van der Waals surface area contributed by atoms with Gasteiger partial charge < -0.3 is 11.1 Å². The van der Waals surface area contributed by atoms with Gasteiger partial charge in [0.15, 0.2) is 0 Å². The Kier molecular flexibility index (Phi) is 4.35. The molecular weight excluding hydrogens is 260 g/mol. The molecule has 3 N–H and O–H groups in total. The summed E-state index contributed by atoms with van der Waals surface area (Å²) in [6.07, 6.45) is 3.36. The number of nitrogens with two attached hydrogens (primary N) is 1. The standard InChI is InChI=1S/C15H21ClN2O/c1-9-5-10(2)7-12(6-9)18-15(19)11-3-4-13(16)14(17)8-11/h3-4,8-10,12H,5-7,17H2,1-2H3,(H,18,19). The van der Waals surface area contributed by atoms with Crippen molar-refractivity contribution in [2.24, 2.45) is 11.8 Å². The lowest BCUT2D eigenvalue weighted by atomic mass is 9.80. The van der Waals surface area contributed by atoms with Gasteiger partial charge in [-0.3, -0.25) is 4.79 Å². The number of rotatable bonds is 2. The number of carbonyl (C=O) groups excluding carboxylic acids is 1. The largest absolute Gasteiger partial charge is 0.398 e. The first-order valence-electron chi connectivity index (χ1n) is 6.81. The van der Waals surface area contributed by atoms with Crippen molar-refractivity contribution in [3.05, 3.63) is 28.8 Å². The second kappa shape index (κ2) is 5.83. The van der Waals surface area contributed by atoms with E-state index in [-0.39, 0.29) is 11.9 Å². The molecule has 0 aliphatic heterocycles. The Labute approximate surface area is 119 Å². The SMILES string of the molecule is CC1CC(C)CC(NC(=O)c2ccc(Cl)c(N)c2)C1. The van der Waals surface area contributed by atoms with Crippen LogP contribution in [0.1, 0.15) is 43.5 Å². The third-order valence-corrected chi connectivity index (χ3v) is 4.12. The fourth-order valence-electron chi connectivity index (χ4n) is 3.02. The molecule has 0 heterocycles. The molecule has 19 heavy (non-hydrogen) atoms. The molecule has 1 aromatic carbocycles. The smallest absolute Gasteiger partial charge is 0.251 e. The number of carbonyl (C=O) groups is 1. The molecule has 1 aromatic rings. The Bertz CT molecular complexity index is 465. The zero-order valence-corrected chi connectivity index (χ0v) is 12.2. The maximum absolute atomic E-state index is 12.2. The molecule has 0 aromatic heterocycles. The van der Waals surface area contributed by atoms with Gasteiger partial charge in [0.25, 0.3) is 5.91 Å². The fourth-order valence-corrected chi connectivity index (χ4v) is 3.14. The van der Waals surface area contributed by atoms with E-state index < -0.39 is 0 Å². The van der Waals surface area contributed by atoms with Crippen LogP contribution in [0.3, 0.4) is 0 Å². The van der Waals surface area contributed by atoms with Crippen molar-refractivity contribution in [2.75, 3.05) is 5.73 Å². The van der Waals surface area contributed by atoms with Gasteiger partial charge in [0, 0.05) is 11.6 Å². The second-order valence-corrected chi connectivity index (χ2v) is 6.23. The van der Waals surface area contributed by atoms with Gasteiger partial charge in [-0.25, -0.2) is 0 Å². The van der Waals surface area contributed by atoms with Crippen LogP contribution in [-0.2, 0) is 0 Å². The second-order valence-electron chi connectivity index (χ2n) is 5.82. The van der Waals surface area contributed by atoms with E-state index in [1.54, 1.807) is 18.2 Å². The van der Waals surface area contributed by atoms with E-state index >= 15 is 0 Å². The summed E-state index contributed by atoms with van der Waals surface area (Å²) in [5.74, 6) is 1.28. The number of hydrogen-bond acceptors (Lipinski definition) is 2. The fraction of sp³-hybridized carbons (Fsp3) is 0.533. The first-order chi connectivity index (χ1) is 8.95. The summed E-state index contributed by atoms with van der Waals surface area (Å²) in [4.78, 5) is 12.2. The van der Waals surface area contributed by atoms with E-state index in [9.17, 15) is 4.79 Å². The third kappa shape index (κ3) is 3.63. The number of amides is 1. The molecule has 0 saturated heterocycles. The van der Waals surface area contributed by atoms with Crippen LogP contribution in [-0.4, -0.2) is 11.9 Å². The monoisotopic (exact) mass is 280 g/mol. The van der Waals surface area contributed by atoms with Gasteiger partial charge in [-0.1, -0.05) is 25.4 Å². The van der Waals surface area contributed by atoms with Gasteiger partial charge >= 0.3 is 0 Å². The van der Waals surface area contributed by atoms with Gasteiger partial charge in [-0.2, -0.15) is 0 Å². The lowest BCUT2D eigenvalue weighted by molar-refractivity contribution is 0.0911. The molecule has 0 spiro atoms. The van der Waals surface area contributed by atoms with E-state index in [2.05, 4.69) is 19.2 Å². The Morgan fingerprint density at radius 2 is 1.89 bits per heavy atom. The van der Waals surface area contributed by atoms with Gasteiger partial charge in [0.1, 0.15) is 0 Å². The van der Waals surface area contributed by atoms with E-state index in [4.69, 9.17) is 17.3 Å². The molecule has 2 rings (SSSR count). The topological polar surface area (TPSA) is 55.1 Å². The predicted molar refractivity (Wildman–Crippen MR) is 79.3 cm³/mol. The minimum atomic E-state index is -0.0605. The highest BCUT2D eigenvalue weighted by molar-refractivity contribution is 6.33. The molecule has 104 valence electrons. The summed E-state index contributed by atoms with van der Waals surface area (Å²) in [7, 11) is 0. The molecule has 0 radical (unpaired) electrons. The van der Waals surface area contributed by atoms with Gasteiger partial charge in [0.05, 0.1) is 10.7 Å². The van der Waals surface area contributed by atoms with Gasteiger partial charge in [0.2, 0.25) is 0 Å². The van der Waals surface area contributed by atoms with Crippen molar-refractivity contribution in [3.8, 4) is 0 Å². The Morgan fingerprint density at radius 3 is 2.47 bits per heavy atom. The van der Waals surface area contributed by atoms with Crippen LogP contribution in [0.5, 0.6) is 0 Å². The van der Waals surface area contributed by atoms with Crippen molar-refractivity contribution in [2.45, 2.75) is 39.2 Å². The minimum absolute atomic E-state index is 0.0605. The molecule has 1 aliphatic rings. The number of benzene rings is 1. The van der Waals surface area contributed by atoms with Crippen LogP contribution >= 0.6 is 11.6 Å². The summed E-state index contributed by atoms with van der Waals surface area (Å²) in [6, 6.07) is 5.28. The maximum Gasteiger partial charge on any atom is 0.251 e. The highest BCUT2D eigenvalue weighted by Crippen LogP contribution is 2.28. The summed E-state index contributed by atoms with van der Waals surface area (Å²) in [5.41, 5.74) is 6.74. The van der Waals surface area contributed by atoms with Crippen LogP contribution in [0.2, 0.25) is 5.02 Å². The number of nitrogens with one attached hydrogen (secondary N) is 1. The van der Waals surface area contributed by atoms with Crippen LogP contribution in [0.25, 0.3) is 0 Å². The molecule has 2 atom stereocenters. The molecule has 0 bridgehead atoms. The number of anilines is 1. The zero-order chi connectivity index (χ0) is 14.0. The number of hydrogen-bond donors (Lipinski definition) is 2. The normalized spacial score (nSPS) is 27.0. The highest BCUT2D eigenvalue weighted by Gasteiger charge is 2.25. The predicted octanol–water partition coefficient (Wildman–Crippen LogP) is 3.48. The van der Waals surface area contributed by atoms with Crippen LogP contribution < -0.4 is 11.1 Å².